The molecule has 3 rings (SSSR count). The monoisotopic (exact) mass is 540 g/mol. The Bertz CT molecular complexity index is 851. The van der Waals surface area contributed by atoms with Gasteiger partial charge in [0.2, 0.25) is 0 Å². The van der Waals surface area contributed by atoms with E-state index in [1.807, 2.05) is 6.08 Å². The van der Waals surface area contributed by atoms with Gasteiger partial charge in [-0.15, -0.1) is 0 Å². The molecule has 2 aliphatic carbocycles. The van der Waals surface area contributed by atoms with E-state index in [1.54, 1.807) is 0 Å². The molecule has 214 valence electrons. The van der Waals surface area contributed by atoms with E-state index in [4.69, 9.17) is 4.74 Å². The third-order valence-electron chi connectivity index (χ3n) is 8.59. The number of benzene rings is 1. The standard InChI is InChI=1S/C32H45F5O/c1-2-3-4-5-6-7-9-24-11-15-26(16-12-24)27-17-13-25(14-18-27)10-8-21-38-28-22-30(33)29(31(34)23-28)19-20-32(35,36)37/h8,10,19-20,22-27H,2-7,9,11-18,21H2,1H3. The van der Waals surface area contributed by atoms with Crippen molar-refractivity contribution >= 4 is 6.08 Å². The summed E-state index contributed by atoms with van der Waals surface area (Å²) >= 11 is 0. The number of hydrogen-bond donors (Lipinski definition) is 0. The molecule has 1 aromatic carbocycles. The van der Waals surface area contributed by atoms with Crippen LogP contribution < -0.4 is 4.74 Å². The summed E-state index contributed by atoms with van der Waals surface area (Å²) in [6, 6.07) is 1.83. The van der Waals surface area contributed by atoms with Crippen LogP contribution in [0.3, 0.4) is 0 Å². The quantitative estimate of drug-likeness (QED) is 0.137. The smallest absolute Gasteiger partial charge is 0.409 e. The molecule has 0 unspecified atom stereocenters. The molecule has 0 heterocycles. The van der Waals surface area contributed by atoms with Crippen molar-refractivity contribution in [2.24, 2.45) is 23.7 Å². The van der Waals surface area contributed by atoms with Gasteiger partial charge in [0, 0.05) is 23.8 Å². The van der Waals surface area contributed by atoms with E-state index in [0.717, 1.165) is 29.9 Å². The second kappa shape index (κ2) is 15.7. The predicted molar refractivity (Wildman–Crippen MR) is 145 cm³/mol. The van der Waals surface area contributed by atoms with Crippen molar-refractivity contribution in [2.45, 2.75) is 109 Å². The Balaban J connectivity index is 1.32. The topological polar surface area (TPSA) is 9.23 Å². The maximum absolute atomic E-state index is 14.0. The normalized spacial score (nSPS) is 24.9. The average molecular weight is 541 g/mol. The third kappa shape index (κ3) is 10.7. The molecule has 0 saturated heterocycles. The maximum atomic E-state index is 14.0. The summed E-state index contributed by atoms with van der Waals surface area (Å²) in [7, 11) is 0. The van der Waals surface area contributed by atoms with Gasteiger partial charge in [-0.2, -0.15) is 13.2 Å². The molecule has 6 heteroatoms. The number of unbranched alkanes of at least 4 members (excludes halogenated alkanes) is 5. The highest BCUT2D eigenvalue weighted by molar-refractivity contribution is 5.53. The van der Waals surface area contributed by atoms with Crippen molar-refractivity contribution in [3.8, 4) is 5.75 Å². The van der Waals surface area contributed by atoms with Gasteiger partial charge in [0.15, 0.2) is 0 Å². The van der Waals surface area contributed by atoms with Crippen molar-refractivity contribution in [1.29, 1.82) is 0 Å². The van der Waals surface area contributed by atoms with E-state index in [1.165, 1.54) is 96.3 Å². The lowest BCUT2D eigenvalue weighted by molar-refractivity contribution is -0.0790. The molecule has 0 bridgehead atoms. The highest BCUT2D eigenvalue weighted by Crippen LogP contribution is 2.42. The van der Waals surface area contributed by atoms with Crippen molar-refractivity contribution in [2.75, 3.05) is 6.61 Å². The third-order valence-corrected chi connectivity index (χ3v) is 8.59. The number of ether oxygens (including phenoxy) is 1. The lowest BCUT2D eigenvalue weighted by Gasteiger charge is -2.37. The lowest BCUT2D eigenvalue weighted by Crippen LogP contribution is -2.25. The van der Waals surface area contributed by atoms with E-state index in [2.05, 4.69) is 13.0 Å². The Morgan fingerprint density at radius 3 is 2.00 bits per heavy atom. The molecule has 0 aliphatic heterocycles. The van der Waals surface area contributed by atoms with E-state index < -0.39 is 23.4 Å². The minimum Gasteiger partial charge on any atom is -0.489 e. The molecule has 0 spiro atoms. The number of halogens is 5. The largest absolute Gasteiger partial charge is 0.489 e. The minimum atomic E-state index is -4.63. The summed E-state index contributed by atoms with van der Waals surface area (Å²) in [5.41, 5.74) is -0.728. The van der Waals surface area contributed by atoms with E-state index >= 15 is 0 Å². The molecule has 0 aromatic heterocycles. The van der Waals surface area contributed by atoms with Gasteiger partial charge in [0.05, 0.1) is 0 Å². The molecule has 1 aromatic rings. The van der Waals surface area contributed by atoms with Crippen LogP contribution in [0, 0.1) is 35.3 Å². The first-order chi connectivity index (χ1) is 18.2. The molecular weight excluding hydrogens is 495 g/mol. The molecule has 2 saturated carbocycles. The summed E-state index contributed by atoms with van der Waals surface area (Å²) in [6.45, 7) is 2.43. The second-order valence-electron chi connectivity index (χ2n) is 11.4. The Morgan fingerprint density at radius 2 is 1.39 bits per heavy atom. The van der Waals surface area contributed by atoms with Gasteiger partial charge in [-0.25, -0.2) is 8.78 Å². The van der Waals surface area contributed by atoms with Gasteiger partial charge in [-0.1, -0.05) is 76.9 Å². The number of hydrogen-bond acceptors (Lipinski definition) is 1. The fraction of sp³-hybridized carbons (Fsp3) is 0.688. The molecule has 1 nitrogen and oxygen atoms in total. The van der Waals surface area contributed by atoms with Gasteiger partial charge < -0.3 is 4.74 Å². The van der Waals surface area contributed by atoms with Crippen molar-refractivity contribution < 1.29 is 26.7 Å². The molecule has 2 aliphatic rings. The first-order valence-corrected chi connectivity index (χ1v) is 14.8. The van der Waals surface area contributed by atoms with Crippen LogP contribution in [-0.2, 0) is 0 Å². The van der Waals surface area contributed by atoms with Crippen LogP contribution in [0.1, 0.15) is 109 Å². The van der Waals surface area contributed by atoms with Crippen LogP contribution in [0.4, 0.5) is 22.0 Å². The molecule has 2 fully saturated rings. The zero-order chi connectivity index (χ0) is 27.4. The van der Waals surface area contributed by atoms with Gasteiger partial charge >= 0.3 is 6.18 Å². The average Bonchev–Trinajstić information content (AvgIpc) is 2.88. The first-order valence-electron chi connectivity index (χ1n) is 14.8. The van der Waals surface area contributed by atoms with E-state index in [-0.39, 0.29) is 18.4 Å². The highest BCUT2D eigenvalue weighted by atomic mass is 19.4. The van der Waals surface area contributed by atoms with Gasteiger partial charge in [-0.3, -0.25) is 0 Å². The molecule has 0 radical (unpaired) electrons. The van der Waals surface area contributed by atoms with Gasteiger partial charge in [0.25, 0.3) is 0 Å². The fourth-order valence-corrected chi connectivity index (χ4v) is 6.34. The second-order valence-corrected chi connectivity index (χ2v) is 11.4. The zero-order valence-corrected chi connectivity index (χ0v) is 22.9. The van der Waals surface area contributed by atoms with Crippen molar-refractivity contribution in [3.63, 3.8) is 0 Å². The summed E-state index contributed by atoms with van der Waals surface area (Å²) < 4.78 is 70.4. The number of rotatable bonds is 13. The van der Waals surface area contributed by atoms with Gasteiger partial charge in [0.1, 0.15) is 24.0 Å². The first kappa shape index (κ1) is 30.7. The molecule has 0 N–H and O–H groups in total. The SMILES string of the molecule is CCCCCCCCC1CCC(C2CCC(C=CCOc3cc(F)c(C=CC(F)(F)F)c(F)c3)CC2)CC1. The molecular formula is C32H45F5O. The van der Waals surface area contributed by atoms with E-state index in [9.17, 15) is 22.0 Å². The van der Waals surface area contributed by atoms with Crippen molar-refractivity contribution in [1.82, 2.24) is 0 Å². The molecule has 0 atom stereocenters. The summed E-state index contributed by atoms with van der Waals surface area (Å²) in [4.78, 5) is 0. The predicted octanol–water partition coefficient (Wildman–Crippen LogP) is 10.8. The zero-order valence-electron chi connectivity index (χ0n) is 22.9. The van der Waals surface area contributed by atoms with Crippen molar-refractivity contribution in [3.05, 3.63) is 47.6 Å². The Kier molecular flexibility index (Phi) is 12.7. The Morgan fingerprint density at radius 1 is 0.816 bits per heavy atom. The Hall–Kier alpha value is -1.85. The van der Waals surface area contributed by atoms with Crippen LogP contribution in [-0.4, -0.2) is 12.8 Å². The summed E-state index contributed by atoms with van der Waals surface area (Å²) in [6.07, 6.45) is 19.9. The molecule has 0 amide bonds. The minimum absolute atomic E-state index is 0.0374. The van der Waals surface area contributed by atoms with Crippen LogP contribution >= 0.6 is 0 Å². The van der Waals surface area contributed by atoms with Crippen LogP contribution in [0.25, 0.3) is 6.08 Å². The van der Waals surface area contributed by atoms with Crippen LogP contribution in [0.2, 0.25) is 0 Å². The summed E-state index contributed by atoms with van der Waals surface area (Å²) in [5.74, 6) is 0.987. The fourth-order valence-electron chi connectivity index (χ4n) is 6.34. The number of alkyl halides is 3. The van der Waals surface area contributed by atoms with Gasteiger partial charge in [-0.05, 0) is 68.3 Å². The van der Waals surface area contributed by atoms with Crippen LogP contribution in [0.5, 0.6) is 5.75 Å². The maximum Gasteiger partial charge on any atom is 0.409 e. The van der Waals surface area contributed by atoms with E-state index in [0.29, 0.717) is 12.0 Å². The molecule has 38 heavy (non-hydrogen) atoms. The Labute approximate surface area is 225 Å². The lowest BCUT2D eigenvalue weighted by atomic mass is 9.68. The highest BCUT2D eigenvalue weighted by Gasteiger charge is 2.30. The number of allylic oxidation sites excluding steroid dienone is 2. The van der Waals surface area contributed by atoms with Crippen LogP contribution in [0.15, 0.2) is 30.4 Å². The summed E-state index contributed by atoms with van der Waals surface area (Å²) in [5, 5.41) is 0.